The summed E-state index contributed by atoms with van der Waals surface area (Å²) in [5.74, 6) is -0.00169. The molecule has 2 fully saturated rings. The van der Waals surface area contributed by atoms with Crippen LogP contribution in [0.25, 0.3) is 6.08 Å². The van der Waals surface area contributed by atoms with Crippen molar-refractivity contribution in [2.24, 2.45) is 0 Å². The lowest BCUT2D eigenvalue weighted by Gasteiger charge is -2.33. The van der Waals surface area contributed by atoms with Gasteiger partial charge in [-0.15, -0.1) is 0 Å². The minimum absolute atomic E-state index is 0.0931. The van der Waals surface area contributed by atoms with Crippen molar-refractivity contribution in [2.45, 2.75) is 44.6 Å². The van der Waals surface area contributed by atoms with E-state index in [9.17, 15) is 14.7 Å². The zero-order valence-corrected chi connectivity index (χ0v) is 20.2. The summed E-state index contributed by atoms with van der Waals surface area (Å²) >= 11 is 12.0. The highest BCUT2D eigenvalue weighted by atomic mass is 35.5. The lowest BCUT2D eigenvalue weighted by Crippen LogP contribution is -2.44. The Hall–Kier alpha value is -1.60. The second-order valence-corrected chi connectivity index (χ2v) is 9.73. The predicted molar refractivity (Wildman–Crippen MR) is 129 cm³/mol. The molecule has 0 bridgehead atoms. The molecule has 0 aromatic heterocycles. The van der Waals surface area contributed by atoms with Gasteiger partial charge in [0.05, 0.1) is 16.7 Å². The summed E-state index contributed by atoms with van der Waals surface area (Å²) < 4.78 is 0. The Morgan fingerprint density at radius 1 is 1.12 bits per heavy atom. The van der Waals surface area contributed by atoms with Crippen LogP contribution >= 0.6 is 23.2 Å². The van der Waals surface area contributed by atoms with Gasteiger partial charge >= 0.3 is 0 Å². The predicted octanol–water partition coefficient (Wildman–Crippen LogP) is 3.69. The molecule has 1 N–H and O–H groups in total. The van der Waals surface area contributed by atoms with Crippen molar-refractivity contribution in [3.05, 3.63) is 39.9 Å². The smallest absolute Gasteiger partial charge is 0.246 e. The summed E-state index contributed by atoms with van der Waals surface area (Å²) in [6, 6.07) is 5.22. The fraction of sp³-hybridized carbons (Fsp3) is 0.583. The van der Waals surface area contributed by atoms with Gasteiger partial charge in [-0.2, -0.15) is 0 Å². The average Bonchev–Trinajstić information content (AvgIpc) is 3.05. The first-order chi connectivity index (χ1) is 15.3. The first-order valence-electron chi connectivity index (χ1n) is 11.4. The number of unbranched alkanes of at least 4 members (excludes halogenated alkanes) is 1. The van der Waals surface area contributed by atoms with Crippen LogP contribution in [0.15, 0.2) is 24.3 Å². The number of aliphatic hydroxyl groups is 1. The number of amides is 2. The van der Waals surface area contributed by atoms with Crippen LogP contribution in [-0.2, 0) is 9.59 Å². The van der Waals surface area contributed by atoms with Gasteiger partial charge in [-0.1, -0.05) is 29.3 Å². The molecule has 1 aromatic rings. The molecule has 2 aliphatic rings. The van der Waals surface area contributed by atoms with E-state index in [1.807, 2.05) is 4.90 Å². The SMILES string of the molecule is CC1(CO)CCCN1CCCCN1CCN(C(=O)C=Cc2ccc(Cl)c(Cl)c2)CCC1=O. The van der Waals surface area contributed by atoms with Crippen LogP contribution in [0.5, 0.6) is 0 Å². The topological polar surface area (TPSA) is 64.1 Å². The number of hydrogen-bond acceptors (Lipinski definition) is 4. The van der Waals surface area contributed by atoms with Crippen LogP contribution in [0.1, 0.15) is 44.6 Å². The minimum Gasteiger partial charge on any atom is -0.394 e. The summed E-state index contributed by atoms with van der Waals surface area (Å²) in [5.41, 5.74) is 0.708. The fourth-order valence-corrected chi connectivity index (χ4v) is 4.76. The molecule has 3 rings (SSSR count). The lowest BCUT2D eigenvalue weighted by molar-refractivity contribution is -0.130. The number of benzene rings is 1. The van der Waals surface area contributed by atoms with Gasteiger partial charge in [-0.25, -0.2) is 0 Å². The lowest BCUT2D eigenvalue weighted by atomic mass is 10.0. The van der Waals surface area contributed by atoms with Crippen LogP contribution in [-0.4, -0.2) is 83.0 Å². The Bertz CT molecular complexity index is 848. The Labute approximate surface area is 200 Å². The molecule has 6 nitrogen and oxygen atoms in total. The number of rotatable bonds is 8. The van der Waals surface area contributed by atoms with Crippen molar-refractivity contribution in [1.82, 2.24) is 14.7 Å². The molecular formula is C24H33Cl2N3O3. The molecule has 0 radical (unpaired) electrons. The van der Waals surface area contributed by atoms with E-state index in [1.54, 1.807) is 29.2 Å². The van der Waals surface area contributed by atoms with Crippen molar-refractivity contribution in [3.63, 3.8) is 0 Å². The maximum absolute atomic E-state index is 12.6. The van der Waals surface area contributed by atoms with Gasteiger partial charge in [-0.05, 0) is 69.5 Å². The molecule has 1 unspecified atom stereocenters. The number of halogens is 2. The van der Waals surface area contributed by atoms with Crippen LogP contribution in [0.3, 0.4) is 0 Å². The third-order valence-corrected chi connectivity index (χ3v) is 7.35. The van der Waals surface area contributed by atoms with E-state index in [0.717, 1.165) is 44.3 Å². The standard InChI is InChI=1S/C24H33Cl2N3O3/c1-24(18-30)10-4-13-29(24)12-3-2-11-27-15-16-28(14-9-23(27)32)22(31)8-6-19-5-7-20(25)21(26)17-19/h5-8,17,30H,2-4,9-16,18H2,1H3. The maximum Gasteiger partial charge on any atom is 0.246 e. The quantitative estimate of drug-likeness (QED) is 0.454. The van der Waals surface area contributed by atoms with Gasteiger partial charge in [0.2, 0.25) is 11.8 Å². The maximum atomic E-state index is 12.6. The first-order valence-corrected chi connectivity index (χ1v) is 12.1. The monoisotopic (exact) mass is 481 g/mol. The summed E-state index contributed by atoms with van der Waals surface area (Å²) in [7, 11) is 0. The van der Waals surface area contributed by atoms with Crippen LogP contribution in [0.2, 0.25) is 10.0 Å². The highest BCUT2D eigenvalue weighted by Crippen LogP contribution is 2.28. The molecule has 0 spiro atoms. The molecule has 2 amide bonds. The Morgan fingerprint density at radius 3 is 2.66 bits per heavy atom. The zero-order chi connectivity index (χ0) is 23.1. The Balaban J connectivity index is 1.44. The molecule has 2 saturated heterocycles. The van der Waals surface area contributed by atoms with Crippen molar-refractivity contribution in [3.8, 4) is 0 Å². The van der Waals surface area contributed by atoms with Gasteiger partial charge < -0.3 is 14.9 Å². The van der Waals surface area contributed by atoms with E-state index < -0.39 is 0 Å². The summed E-state index contributed by atoms with van der Waals surface area (Å²) in [5, 5.41) is 10.6. The number of aliphatic hydroxyl groups excluding tert-OH is 1. The number of carbonyl (C=O) groups is 2. The molecule has 176 valence electrons. The average molecular weight is 482 g/mol. The molecule has 0 aliphatic carbocycles. The van der Waals surface area contributed by atoms with Crippen molar-refractivity contribution < 1.29 is 14.7 Å². The fourth-order valence-electron chi connectivity index (χ4n) is 4.46. The molecule has 8 heteroatoms. The number of carbonyl (C=O) groups excluding carboxylic acids is 2. The highest BCUT2D eigenvalue weighted by Gasteiger charge is 2.35. The van der Waals surface area contributed by atoms with E-state index in [-0.39, 0.29) is 24.0 Å². The van der Waals surface area contributed by atoms with E-state index in [4.69, 9.17) is 23.2 Å². The van der Waals surface area contributed by atoms with E-state index in [1.165, 1.54) is 6.08 Å². The van der Waals surface area contributed by atoms with E-state index in [2.05, 4.69) is 11.8 Å². The van der Waals surface area contributed by atoms with Gasteiger partial charge in [0, 0.05) is 44.2 Å². The minimum atomic E-state index is -0.108. The summed E-state index contributed by atoms with van der Waals surface area (Å²) in [6.45, 7) is 6.54. The second-order valence-electron chi connectivity index (χ2n) is 8.92. The first kappa shape index (κ1) is 25.0. The van der Waals surface area contributed by atoms with Crippen LogP contribution in [0, 0.1) is 0 Å². The normalized spacial score (nSPS) is 22.7. The molecule has 2 heterocycles. The molecule has 1 aromatic carbocycles. The van der Waals surface area contributed by atoms with Gasteiger partial charge in [0.1, 0.15) is 0 Å². The Morgan fingerprint density at radius 2 is 1.91 bits per heavy atom. The van der Waals surface area contributed by atoms with Gasteiger partial charge in [0.25, 0.3) is 0 Å². The Kier molecular flexibility index (Phi) is 9.00. The molecule has 1 atom stereocenters. The van der Waals surface area contributed by atoms with Crippen molar-refractivity contribution in [2.75, 3.05) is 45.9 Å². The van der Waals surface area contributed by atoms with Crippen LogP contribution in [0.4, 0.5) is 0 Å². The molecule has 2 aliphatic heterocycles. The number of nitrogens with zero attached hydrogens (tertiary/aromatic N) is 3. The van der Waals surface area contributed by atoms with Crippen molar-refractivity contribution in [1.29, 1.82) is 0 Å². The molecular weight excluding hydrogens is 449 g/mol. The molecule has 0 saturated carbocycles. The van der Waals surface area contributed by atoms with Crippen molar-refractivity contribution >= 4 is 41.1 Å². The summed E-state index contributed by atoms with van der Waals surface area (Å²) in [6.07, 6.45) is 7.67. The summed E-state index contributed by atoms with van der Waals surface area (Å²) in [4.78, 5) is 31.1. The van der Waals surface area contributed by atoms with Gasteiger partial charge in [-0.3, -0.25) is 14.5 Å². The van der Waals surface area contributed by atoms with Crippen LogP contribution < -0.4 is 0 Å². The molecule has 32 heavy (non-hydrogen) atoms. The van der Waals surface area contributed by atoms with E-state index in [0.29, 0.717) is 42.6 Å². The van der Waals surface area contributed by atoms with Gasteiger partial charge in [0.15, 0.2) is 0 Å². The van der Waals surface area contributed by atoms with E-state index >= 15 is 0 Å². The largest absolute Gasteiger partial charge is 0.394 e. The zero-order valence-electron chi connectivity index (χ0n) is 18.7. The third-order valence-electron chi connectivity index (χ3n) is 6.62. The second kappa shape index (κ2) is 11.5. The highest BCUT2D eigenvalue weighted by molar-refractivity contribution is 6.42. The number of likely N-dealkylation sites (tertiary alicyclic amines) is 1. The third kappa shape index (κ3) is 6.47. The number of hydrogen-bond donors (Lipinski definition) is 1.